The molecule has 19 heavy (non-hydrogen) atoms. The molecule has 0 radical (unpaired) electrons. The number of carbonyl (C=O) groups excluding carboxylic acids is 1. The van der Waals surface area contributed by atoms with Crippen LogP contribution in [-0.2, 0) is 11.3 Å². The molecule has 1 atom stereocenters. The summed E-state index contributed by atoms with van der Waals surface area (Å²) in [6.45, 7) is 4.54. The van der Waals surface area contributed by atoms with Gasteiger partial charge in [0.15, 0.2) is 0 Å². The largest absolute Gasteiger partial charge is 0.347 e. The first-order valence-electron chi connectivity index (χ1n) is 7.12. The summed E-state index contributed by atoms with van der Waals surface area (Å²) in [4.78, 5) is 21.8. The van der Waals surface area contributed by atoms with E-state index in [1.165, 1.54) is 0 Å². The van der Waals surface area contributed by atoms with Gasteiger partial charge in [-0.1, -0.05) is 13.3 Å². The number of amides is 1. The summed E-state index contributed by atoms with van der Waals surface area (Å²) >= 11 is 0. The Kier molecular flexibility index (Phi) is 4.58. The first-order valence-corrected chi connectivity index (χ1v) is 7.12. The number of hydrogen-bond acceptors (Lipinski definition) is 3. The zero-order valence-electron chi connectivity index (χ0n) is 11.9. The smallest absolute Gasteiger partial charge is 0.230 e. The second-order valence-corrected chi connectivity index (χ2v) is 5.51. The Hall–Kier alpha value is -1.36. The third-order valence-corrected chi connectivity index (χ3v) is 3.94. The van der Waals surface area contributed by atoms with Crippen LogP contribution >= 0.6 is 0 Å². The van der Waals surface area contributed by atoms with Crippen molar-refractivity contribution >= 4 is 5.91 Å². The Labute approximate surface area is 114 Å². The van der Waals surface area contributed by atoms with Crippen molar-refractivity contribution in [2.45, 2.75) is 39.2 Å². The Morgan fingerprint density at radius 1 is 1.58 bits per heavy atom. The van der Waals surface area contributed by atoms with Gasteiger partial charge in [-0.2, -0.15) is 0 Å². The standard InChI is InChI=1S/C14H24N4O/c1-3-5-14(6-4-7-15-11-14)13(19)18(2)10-12-16-8-9-17-12/h8-9,15H,3-7,10-11H2,1-2H3,(H,16,17). The third kappa shape index (κ3) is 3.15. The molecule has 2 rings (SSSR count). The fourth-order valence-electron chi connectivity index (χ4n) is 3.04. The minimum Gasteiger partial charge on any atom is -0.347 e. The zero-order chi connectivity index (χ0) is 13.7. The number of hydrogen-bond donors (Lipinski definition) is 2. The zero-order valence-corrected chi connectivity index (χ0v) is 11.9. The summed E-state index contributed by atoms with van der Waals surface area (Å²) in [5.41, 5.74) is -0.214. The van der Waals surface area contributed by atoms with Crippen molar-refractivity contribution in [1.29, 1.82) is 0 Å². The van der Waals surface area contributed by atoms with Crippen LogP contribution in [0.1, 0.15) is 38.4 Å². The second kappa shape index (κ2) is 6.19. The van der Waals surface area contributed by atoms with Gasteiger partial charge in [-0.15, -0.1) is 0 Å². The van der Waals surface area contributed by atoms with Crippen LogP contribution in [0.25, 0.3) is 0 Å². The van der Waals surface area contributed by atoms with Crippen LogP contribution in [0.4, 0.5) is 0 Å². The van der Waals surface area contributed by atoms with Gasteiger partial charge in [0.05, 0.1) is 12.0 Å². The summed E-state index contributed by atoms with van der Waals surface area (Å²) in [6.07, 6.45) is 7.59. The fraction of sp³-hybridized carbons (Fsp3) is 0.714. The van der Waals surface area contributed by atoms with E-state index in [0.717, 1.165) is 44.6 Å². The lowest BCUT2D eigenvalue weighted by Gasteiger charge is -2.38. The van der Waals surface area contributed by atoms with Crippen LogP contribution in [0.2, 0.25) is 0 Å². The highest BCUT2D eigenvalue weighted by Gasteiger charge is 2.40. The SMILES string of the molecule is CCCC1(C(=O)N(C)Cc2ncc[nH]2)CCCNC1. The van der Waals surface area contributed by atoms with Crippen molar-refractivity contribution in [1.82, 2.24) is 20.2 Å². The molecule has 1 saturated heterocycles. The predicted molar refractivity (Wildman–Crippen MR) is 74.5 cm³/mol. The fourth-order valence-corrected chi connectivity index (χ4v) is 3.04. The molecule has 2 heterocycles. The highest BCUT2D eigenvalue weighted by molar-refractivity contribution is 5.82. The number of nitrogens with one attached hydrogen (secondary N) is 2. The minimum absolute atomic E-state index is 0.214. The molecule has 1 fully saturated rings. The van der Waals surface area contributed by atoms with E-state index in [4.69, 9.17) is 0 Å². The monoisotopic (exact) mass is 264 g/mol. The highest BCUT2D eigenvalue weighted by atomic mass is 16.2. The maximum Gasteiger partial charge on any atom is 0.230 e. The van der Waals surface area contributed by atoms with Gasteiger partial charge in [-0.3, -0.25) is 4.79 Å². The van der Waals surface area contributed by atoms with Gasteiger partial charge in [-0.25, -0.2) is 4.98 Å². The lowest BCUT2D eigenvalue weighted by molar-refractivity contribution is -0.143. The number of H-pyrrole nitrogens is 1. The minimum atomic E-state index is -0.214. The van der Waals surface area contributed by atoms with Crippen LogP contribution in [0, 0.1) is 5.41 Å². The van der Waals surface area contributed by atoms with Gasteiger partial charge in [0.1, 0.15) is 5.82 Å². The molecular weight excluding hydrogens is 240 g/mol. The van der Waals surface area contributed by atoms with E-state index in [1.807, 2.05) is 11.9 Å². The van der Waals surface area contributed by atoms with Crippen LogP contribution < -0.4 is 5.32 Å². The van der Waals surface area contributed by atoms with Crippen molar-refractivity contribution in [2.75, 3.05) is 20.1 Å². The third-order valence-electron chi connectivity index (χ3n) is 3.94. The average Bonchev–Trinajstić information content (AvgIpc) is 2.92. The Bertz CT molecular complexity index is 390. The number of nitrogens with zero attached hydrogens (tertiary/aromatic N) is 2. The Morgan fingerprint density at radius 3 is 3.00 bits per heavy atom. The van der Waals surface area contributed by atoms with E-state index in [1.54, 1.807) is 12.4 Å². The van der Waals surface area contributed by atoms with Gasteiger partial charge in [0.2, 0.25) is 5.91 Å². The van der Waals surface area contributed by atoms with Gasteiger partial charge >= 0.3 is 0 Å². The number of aromatic amines is 1. The molecule has 0 saturated carbocycles. The van der Waals surface area contributed by atoms with Crippen molar-refractivity contribution in [3.8, 4) is 0 Å². The molecule has 0 spiro atoms. The molecule has 0 aromatic carbocycles. The Balaban J connectivity index is 2.05. The molecule has 1 aromatic rings. The molecule has 0 bridgehead atoms. The summed E-state index contributed by atoms with van der Waals surface area (Å²) in [5, 5.41) is 3.38. The number of piperidine rings is 1. The van der Waals surface area contributed by atoms with Crippen molar-refractivity contribution in [3.05, 3.63) is 18.2 Å². The molecule has 106 valence electrons. The van der Waals surface area contributed by atoms with Crippen molar-refractivity contribution in [2.24, 2.45) is 5.41 Å². The van der Waals surface area contributed by atoms with Crippen LogP contribution in [-0.4, -0.2) is 40.9 Å². The molecule has 1 aromatic heterocycles. The molecular formula is C14H24N4O. The van der Waals surface area contributed by atoms with Crippen LogP contribution in [0.15, 0.2) is 12.4 Å². The topological polar surface area (TPSA) is 61.0 Å². The van der Waals surface area contributed by atoms with E-state index in [9.17, 15) is 4.79 Å². The van der Waals surface area contributed by atoms with E-state index in [0.29, 0.717) is 6.54 Å². The van der Waals surface area contributed by atoms with Gasteiger partial charge in [0.25, 0.3) is 0 Å². The van der Waals surface area contributed by atoms with Crippen LogP contribution in [0.3, 0.4) is 0 Å². The molecule has 1 unspecified atom stereocenters. The van der Waals surface area contributed by atoms with Gasteiger partial charge in [-0.05, 0) is 25.8 Å². The molecule has 0 aliphatic carbocycles. The normalized spacial score (nSPS) is 23.3. The summed E-state index contributed by atoms with van der Waals surface area (Å²) in [5.74, 6) is 1.09. The lowest BCUT2D eigenvalue weighted by atomic mass is 9.76. The lowest BCUT2D eigenvalue weighted by Crippen LogP contribution is -2.50. The van der Waals surface area contributed by atoms with E-state index < -0.39 is 0 Å². The van der Waals surface area contributed by atoms with E-state index in [-0.39, 0.29) is 11.3 Å². The first-order chi connectivity index (χ1) is 9.18. The molecule has 2 N–H and O–H groups in total. The molecule has 1 aliphatic rings. The summed E-state index contributed by atoms with van der Waals surface area (Å²) in [7, 11) is 1.87. The molecule has 5 nitrogen and oxygen atoms in total. The number of aromatic nitrogens is 2. The number of rotatable bonds is 5. The average molecular weight is 264 g/mol. The van der Waals surface area contributed by atoms with E-state index >= 15 is 0 Å². The second-order valence-electron chi connectivity index (χ2n) is 5.51. The van der Waals surface area contributed by atoms with Crippen LogP contribution in [0.5, 0.6) is 0 Å². The highest BCUT2D eigenvalue weighted by Crippen LogP contribution is 2.33. The summed E-state index contributed by atoms with van der Waals surface area (Å²) in [6, 6.07) is 0. The molecule has 1 amide bonds. The van der Waals surface area contributed by atoms with Crippen molar-refractivity contribution < 1.29 is 4.79 Å². The molecule has 1 aliphatic heterocycles. The number of carbonyl (C=O) groups is 1. The quantitative estimate of drug-likeness (QED) is 0.848. The van der Waals surface area contributed by atoms with Crippen molar-refractivity contribution in [3.63, 3.8) is 0 Å². The maximum atomic E-state index is 12.8. The van der Waals surface area contributed by atoms with E-state index in [2.05, 4.69) is 22.2 Å². The van der Waals surface area contributed by atoms with Gasteiger partial charge in [0, 0.05) is 26.0 Å². The van der Waals surface area contributed by atoms with Gasteiger partial charge < -0.3 is 15.2 Å². The first kappa shape index (κ1) is 14.1. The Morgan fingerprint density at radius 2 is 2.42 bits per heavy atom. The summed E-state index contributed by atoms with van der Waals surface area (Å²) < 4.78 is 0. The number of imidazole rings is 1. The predicted octanol–water partition coefficient (Wildman–Crippen LogP) is 1.54. The maximum absolute atomic E-state index is 12.8. The molecule has 5 heteroatoms.